The van der Waals surface area contributed by atoms with Gasteiger partial charge in [0.15, 0.2) is 0 Å². The normalized spacial score (nSPS) is 34.8. The van der Waals surface area contributed by atoms with Gasteiger partial charge in [0.2, 0.25) is 11.8 Å². The second-order valence-electron chi connectivity index (χ2n) is 6.99. The van der Waals surface area contributed by atoms with Crippen molar-refractivity contribution in [1.29, 1.82) is 0 Å². The molecule has 23 heavy (non-hydrogen) atoms. The Hall–Kier alpha value is -2.16. The molecule has 3 nitrogen and oxygen atoms in total. The van der Waals surface area contributed by atoms with Crippen LogP contribution in [0, 0.1) is 23.2 Å². The van der Waals surface area contributed by atoms with Crippen molar-refractivity contribution in [2.24, 2.45) is 23.2 Å². The van der Waals surface area contributed by atoms with Crippen LogP contribution in [0.1, 0.15) is 25.3 Å². The van der Waals surface area contributed by atoms with E-state index in [4.69, 9.17) is 0 Å². The van der Waals surface area contributed by atoms with Crippen molar-refractivity contribution in [3.05, 3.63) is 60.2 Å². The van der Waals surface area contributed by atoms with Gasteiger partial charge in [-0.05, 0) is 31.2 Å². The van der Waals surface area contributed by atoms with E-state index >= 15 is 0 Å². The van der Waals surface area contributed by atoms with Gasteiger partial charge >= 0.3 is 0 Å². The number of carbonyl (C=O) groups excluding carboxylic acids is 2. The van der Waals surface area contributed by atoms with Crippen LogP contribution in [0.25, 0.3) is 0 Å². The van der Waals surface area contributed by atoms with Crippen molar-refractivity contribution in [3.63, 3.8) is 0 Å². The monoisotopic (exact) mass is 307 g/mol. The van der Waals surface area contributed by atoms with Gasteiger partial charge in [-0.25, -0.2) is 0 Å². The Morgan fingerprint density at radius 1 is 1.22 bits per heavy atom. The number of allylic oxidation sites excluding steroid dienone is 4. The maximum absolute atomic E-state index is 13.0. The summed E-state index contributed by atoms with van der Waals surface area (Å²) in [5.41, 5.74) is 0.872. The van der Waals surface area contributed by atoms with Gasteiger partial charge in [0.25, 0.3) is 0 Å². The van der Waals surface area contributed by atoms with Crippen LogP contribution in [-0.2, 0) is 16.1 Å². The highest BCUT2D eigenvalue weighted by Gasteiger charge is 2.65. The molecule has 1 heterocycles. The van der Waals surface area contributed by atoms with Crippen LogP contribution in [0.5, 0.6) is 0 Å². The smallest absolute Gasteiger partial charge is 0.234 e. The molecule has 3 heteroatoms. The molecule has 4 rings (SSSR count). The second kappa shape index (κ2) is 5.19. The summed E-state index contributed by atoms with van der Waals surface area (Å²) in [7, 11) is 0. The molecular formula is C20H21NO2. The topological polar surface area (TPSA) is 37.4 Å². The Morgan fingerprint density at radius 3 is 2.74 bits per heavy atom. The fraction of sp³-hybridized carbons (Fsp3) is 0.400. The Morgan fingerprint density at radius 2 is 2.00 bits per heavy atom. The van der Waals surface area contributed by atoms with E-state index in [1.165, 1.54) is 4.90 Å². The molecular weight excluding hydrogens is 286 g/mol. The van der Waals surface area contributed by atoms with Gasteiger partial charge in [0.1, 0.15) is 0 Å². The first-order valence-electron chi connectivity index (χ1n) is 8.36. The highest BCUT2D eigenvalue weighted by molar-refractivity contribution is 6.06. The van der Waals surface area contributed by atoms with Crippen LogP contribution in [-0.4, -0.2) is 16.7 Å². The van der Waals surface area contributed by atoms with Crippen LogP contribution < -0.4 is 0 Å². The number of likely N-dealkylation sites (tertiary alicyclic amines) is 1. The number of rotatable bonds is 4. The number of hydrogen-bond donors (Lipinski definition) is 0. The molecule has 0 N–H and O–H groups in total. The standard InChI is InChI=1S/C20H21NO2/c1-2-3-10-20-11-9-15(12-20)16-17(20)19(23)21(18(16)22)13-14-7-5-4-6-8-14/h2-9,11,15-17H,10,12-13H2,1H3. The Kier molecular flexibility index (Phi) is 3.26. The summed E-state index contributed by atoms with van der Waals surface area (Å²) in [6.45, 7) is 2.40. The first kappa shape index (κ1) is 14.4. The minimum atomic E-state index is -0.162. The molecule has 1 saturated carbocycles. The summed E-state index contributed by atoms with van der Waals surface area (Å²) in [4.78, 5) is 27.4. The average Bonchev–Trinajstić information content (AvgIpc) is 3.20. The highest BCUT2D eigenvalue weighted by Crippen LogP contribution is 2.61. The maximum Gasteiger partial charge on any atom is 0.234 e. The second-order valence-corrected chi connectivity index (χ2v) is 6.99. The predicted octanol–water partition coefficient (Wildman–Crippen LogP) is 3.33. The fourth-order valence-corrected chi connectivity index (χ4v) is 4.69. The van der Waals surface area contributed by atoms with Crippen molar-refractivity contribution in [3.8, 4) is 0 Å². The zero-order valence-electron chi connectivity index (χ0n) is 13.3. The summed E-state index contributed by atoms with van der Waals surface area (Å²) in [5.74, 6) is -0.00498. The van der Waals surface area contributed by atoms with E-state index in [0.29, 0.717) is 6.54 Å². The van der Waals surface area contributed by atoms with Crippen molar-refractivity contribution < 1.29 is 9.59 Å². The zero-order chi connectivity index (χ0) is 16.0. The molecule has 0 aromatic heterocycles. The number of carbonyl (C=O) groups is 2. The number of hydrogen-bond acceptors (Lipinski definition) is 2. The third-order valence-corrected chi connectivity index (χ3v) is 5.73. The molecule has 0 spiro atoms. The molecule has 2 fully saturated rings. The molecule has 1 aromatic rings. The first-order valence-corrected chi connectivity index (χ1v) is 8.36. The molecule has 4 atom stereocenters. The van der Waals surface area contributed by atoms with Gasteiger partial charge in [-0.15, -0.1) is 0 Å². The van der Waals surface area contributed by atoms with E-state index in [0.717, 1.165) is 18.4 Å². The highest BCUT2D eigenvalue weighted by atomic mass is 16.2. The lowest BCUT2D eigenvalue weighted by atomic mass is 9.72. The number of nitrogens with zero attached hydrogens (tertiary/aromatic N) is 1. The summed E-state index contributed by atoms with van der Waals surface area (Å²) < 4.78 is 0. The Labute approximate surface area is 136 Å². The fourth-order valence-electron chi connectivity index (χ4n) is 4.69. The Bertz CT molecular complexity index is 706. The van der Waals surface area contributed by atoms with Crippen LogP contribution in [0.4, 0.5) is 0 Å². The Balaban J connectivity index is 1.64. The van der Waals surface area contributed by atoms with Crippen LogP contribution in [0.15, 0.2) is 54.6 Å². The van der Waals surface area contributed by atoms with Crippen molar-refractivity contribution in [1.82, 2.24) is 4.90 Å². The van der Waals surface area contributed by atoms with Gasteiger partial charge < -0.3 is 0 Å². The molecule has 4 unspecified atom stereocenters. The predicted molar refractivity (Wildman–Crippen MR) is 88.1 cm³/mol. The third kappa shape index (κ3) is 2.03. The number of amides is 2. The summed E-state index contributed by atoms with van der Waals surface area (Å²) >= 11 is 0. The molecule has 1 saturated heterocycles. The maximum atomic E-state index is 13.0. The minimum Gasteiger partial charge on any atom is -0.278 e. The lowest BCUT2D eigenvalue weighted by Gasteiger charge is -2.29. The van der Waals surface area contributed by atoms with Gasteiger partial charge in [0, 0.05) is 5.41 Å². The van der Waals surface area contributed by atoms with Gasteiger partial charge in [-0.3, -0.25) is 14.5 Å². The van der Waals surface area contributed by atoms with E-state index in [1.54, 1.807) is 0 Å². The molecule has 2 amide bonds. The lowest BCUT2D eigenvalue weighted by molar-refractivity contribution is -0.141. The SMILES string of the molecule is CC=CCC12C=CC(C1)C1C(=O)N(Cc3ccccc3)C(=O)C12. The largest absolute Gasteiger partial charge is 0.278 e. The molecule has 118 valence electrons. The van der Waals surface area contributed by atoms with Crippen molar-refractivity contribution in [2.45, 2.75) is 26.3 Å². The van der Waals surface area contributed by atoms with E-state index in [-0.39, 0.29) is 35.0 Å². The summed E-state index contributed by atoms with van der Waals surface area (Å²) in [6.07, 6.45) is 10.3. The average molecular weight is 307 g/mol. The number of benzene rings is 1. The van der Waals surface area contributed by atoms with Crippen LogP contribution in [0.2, 0.25) is 0 Å². The quantitative estimate of drug-likeness (QED) is 0.632. The van der Waals surface area contributed by atoms with Crippen molar-refractivity contribution >= 4 is 11.8 Å². The minimum absolute atomic E-state index is 0.0280. The molecule has 0 radical (unpaired) electrons. The van der Waals surface area contributed by atoms with E-state index < -0.39 is 0 Å². The molecule has 1 aromatic carbocycles. The third-order valence-electron chi connectivity index (χ3n) is 5.73. The summed E-state index contributed by atoms with van der Waals surface area (Å²) in [5, 5.41) is 0. The summed E-state index contributed by atoms with van der Waals surface area (Å²) in [6, 6.07) is 9.77. The van der Waals surface area contributed by atoms with Crippen LogP contribution >= 0.6 is 0 Å². The zero-order valence-corrected chi connectivity index (χ0v) is 13.3. The number of imide groups is 1. The number of fused-ring (bicyclic) bond motifs is 5. The molecule has 2 aliphatic carbocycles. The van der Waals surface area contributed by atoms with E-state index in [2.05, 4.69) is 18.2 Å². The van der Waals surface area contributed by atoms with Gasteiger partial charge in [-0.1, -0.05) is 54.6 Å². The first-order chi connectivity index (χ1) is 11.2. The molecule has 1 aliphatic heterocycles. The van der Waals surface area contributed by atoms with E-state index in [9.17, 15) is 9.59 Å². The molecule has 3 aliphatic rings. The van der Waals surface area contributed by atoms with Crippen molar-refractivity contribution in [2.75, 3.05) is 0 Å². The lowest BCUT2D eigenvalue weighted by Crippen LogP contribution is -2.35. The van der Waals surface area contributed by atoms with Gasteiger partial charge in [-0.2, -0.15) is 0 Å². The van der Waals surface area contributed by atoms with Gasteiger partial charge in [0.05, 0.1) is 18.4 Å². The molecule has 2 bridgehead atoms. The van der Waals surface area contributed by atoms with E-state index in [1.807, 2.05) is 43.3 Å². The van der Waals surface area contributed by atoms with Crippen LogP contribution in [0.3, 0.4) is 0 Å².